The Morgan fingerprint density at radius 3 is 2.52 bits per heavy atom. The molecule has 0 saturated heterocycles. The summed E-state index contributed by atoms with van der Waals surface area (Å²) in [5, 5.41) is 0.940. The zero-order valence-corrected chi connectivity index (χ0v) is 14.7. The number of hydrogen-bond donors (Lipinski definition) is 0. The lowest BCUT2D eigenvalue weighted by Gasteiger charge is -2.08. The van der Waals surface area contributed by atoms with Crippen LogP contribution in [0.15, 0.2) is 84.0 Å². The molecule has 27 heavy (non-hydrogen) atoms. The van der Waals surface area contributed by atoms with Crippen molar-refractivity contribution in [1.29, 1.82) is 0 Å². The molecule has 0 aliphatic rings. The molecule has 5 nitrogen and oxygen atoms in total. The molecule has 2 aromatic carbocycles. The number of aromatic nitrogens is 4. The summed E-state index contributed by atoms with van der Waals surface area (Å²) in [7, 11) is 1.78. The molecule has 0 bridgehead atoms. The third-order valence-corrected chi connectivity index (χ3v) is 4.89. The van der Waals surface area contributed by atoms with Crippen LogP contribution in [0.25, 0.3) is 38.8 Å². The molecule has 0 unspecified atom stereocenters. The number of rotatable bonds is 2. The molecule has 0 saturated carbocycles. The van der Waals surface area contributed by atoms with Crippen LogP contribution in [-0.2, 0) is 7.05 Å². The molecular weight excluding hydrogens is 336 g/mol. The Labute approximate surface area is 155 Å². The second-order valence-electron chi connectivity index (χ2n) is 6.48. The number of benzene rings is 2. The van der Waals surface area contributed by atoms with Crippen LogP contribution in [0.1, 0.15) is 0 Å². The van der Waals surface area contributed by atoms with Crippen LogP contribution in [0.5, 0.6) is 0 Å². The summed E-state index contributed by atoms with van der Waals surface area (Å²) < 4.78 is 3.40. The van der Waals surface area contributed by atoms with Gasteiger partial charge in [-0.15, -0.1) is 0 Å². The predicted molar refractivity (Wildman–Crippen MR) is 107 cm³/mol. The molecule has 0 spiro atoms. The monoisotopic (exact) mass is 352 g/mol. The first-order valence-corrected chi connectivity index (χ1v) is 8.70. The van der Waals surface area contributed by atoms with Gasteiger partial charge in [0.15, 0.2) is 0 Å². The van der Waals surface area contributed by atoms with Crippen molar-refractivity contribution in [3.05, 3.63) is 89.7 Å². The summed E-state index contributed by atoms with van der Waals surface area (Å²) in [6.45, 7) is 0. The van der Waals surface area contributed by atoms with Gasteiger partial charge in [0, 0.05) is 30.4 Å². The summed E-state index contributed by atoms with van der Waals surface area (Å²) >= 11 is 0. The number of pyridine rings is 2. The maximum absolute atomic E-state index is 13.0. The Kier molecular flexibility index (Phi) is 3.40. The van der Waals surface area contributed by atoms with Crippen LogP contribution < -0.4 is 5.69 Å². The normalized spacial score (nSPS) is 11.3. The standard InChI is InChI=1S/C22H16N4O/c1-25-20-14-24-19-10-9-15(16-6-5-11-23-13-16)12-18(19)21(20)26(22(25)27)17-7-3-2-4-8-17/h2-14H,1H3. The zero-order valence-electron chi connectivity index (χ0n) is 14.7. The molecule has 5 aromatic rings. The van der Waals surface area contributed by atoms with E-state index in [-0.39, 0.29) is 5.69 Å². The van der Waals surface area contributed by atoms with Gasteiger partial charge in [-0.05, 0) is 35.9 Å². The highest BCUT2D eigenvalue weighted by Gasteiger charge is 2.16. The largest absolute Gasteiger partial charge is 0.333 e. The van der Waals surface area contributed by atoms with E-state index in [0.29, 0.717) is 0 Å². The van der Waals surface area contributed by atoms with Crippen molar-refractivity contribution in [3.63, 3.8) is 0 Å². The van der Waals surface area contributed by atoms with Crippen molar-refractivity contribution < 1.29 is 0 Å². The van der Waals surface area contributed by atoms with Gasteiger partial charge in [-0.2, -0.15) is 0 Å². The third-order valence-electron chi connectivity index (χ3n) is 4.89. The number of fused-ring (bicyclic) bond motifs is 3. The van der Waals surface area contributed by atoms with Gasteiger partial charge in [-0.3, -0.25) is 19.1 Å². The second kappa shape index (κ2) is 5.92. The van der Waals surface area contributed by atoms with E-state index in [2.05, 4.69) is 16.0 Å². The van der Waals surface area contributed by atoms with E-state index in [1.54, 1.807) is 28.6 Å². The molecule has 0 fully saturated rings. The summed E-state index contributed by atoms with van der Waals surface area (Å²) in [6.07, 6.45) is 5.36. The van der Waals surface area contributed by atoms with E-state index in [1.165, 1.54) is 0 Å². The van der Waals surface area contributed by atoms with Crippen molar-refractivity contribution in [2.24, 2.45) is 7.05 Å². The molecule has 0 N–H and O–H groups in total. The number of nitrogens with zero attached hydrogens (tertiary/aromatic N) is 4. The van der Waals surface area contributed by atoms with Crippen LogP contribution in [-0.4, -0.2) is 19.1 Å². The lowest BCUT2D eigenvalue weighted by atomic mass is 10.0. The lowest BCUT2D eigenvalue weighted by Crippen LogP contribution is -2.20. The van der Waals surface area contributed by atoms with Crippen LogP contribution in [0.3, 0.4) is 0 Å². The average Bonchev–Trinajstić information content (AvgIpc) is 3.00. The minimum absolute atomic E-state index is 0.0859. The van der Waals surface area contributed by atoms with Crippen LogP contribution >= 0.6 is 0 Å². The highest BCUT2D eigenvalue weighted by Crippen LogP contribution is 2.29. The first kappa shape index (κ1) is 15.5. The summed E-state index contributed by atoms with van der Waals surface area (Å²) in [6, 6.07) is 19.8. The van der Waals surface area contributed by atoms with Crippen LogP contribution in [0, 0.1) is 0 Å². The first-order valence-electron chi connectivity index (χ1n) is 8.70. The highest BCUT2D eigenvalue weighted by atomic mass is 16.1. The maximum Gasteiger partial charge on any atom is 0.333 e. The molecule has 0 amide bonds. The van der Waals surface area contributed by atoms with Gasteiger partial charge in [0.1, 0.15) is 0 Å². The number of hydrogen-bond acceptors (Lipinski definition) is 3. The molecule has 5 heteroatoms. The minimum Gasteiger partial charge on any atom is -0.293 e. The molecule has 0 radical (unpaired) electrons. The fraction of sp³-hybridized carbons (Fsp3) is 0.0455. The Balaban J connectivity index is 1.91. The molecule has 130 valence electrons. The molecule has 0 atom stereocenters. The summed E-state index contributed by atoms with van der Waals surface area (Å²) in [5.74, 6) is 0. The van der Waals surface area contributed by atoms with Gasteiger partial charge in [-0.1, -0.05) is 30.3 Å². The minimum atomic E-state index is -0.0859. The highest BCUT2D eigenvalue weighted by molar-refractivity contribution is 6.04. The molecule has 0 aliphatic heterocycles. The van der Waals surface area contributed by atoms with E-state index in [4.69, 9.17) is 0 Å². The van der Waals surface area contributed by atoms with Crippen LogP contribution in [0.4, 0.5) is 0 Å². The van der Waals surface area contributed by atoms with E-state index >= 15 is 0 Å². The SMILES string of the molecule is Cn1c(=O)n(-c2ccccc2)c2c3cc(-c4cccnc4)ccc3ncc21. The van der Waals surface area contributed by atoms with Crippen molar-refractivity contribution in [2.45, 2.75) is 0 Å². The maximum atomic E-state index is 13.0. The molecule has 5 rings (SSSR count). The topological polar surface area (TPSA) is 52.7 Å². The Bertz CT molecular complexity index is 1340. The second-order valence-corrected chi connectivity index (χ2v) is 6.48. The lowest BCUT2D eigenvalue weighted by molar-refractivity contribution is 0.846. The summed E-state index contributed by atoms with van der Waals surface area (Å²) in [4.78, 5) is 21.8. The van der Waals surface area contributed by atoms with E-state index in [1.807, 2.05) is 60.8 Å². The van der Waals surface area contributed by atoms with Gasteiger partial charge in [0.05, 0.1) is 28.4 Å². The Hall–Kier alpha value is -3.73. The van der Waals surface area contributed by atoms with E-state index in [0.717, 1.165) is 38.8 Å². The average molecular weight is 352 g/mol. The Morgan fingerprint density at radius 2 is 1.74 bits per heavy atom. The molecule has 3 aromatic heterocycles. The zero-order chi connectivity index (χ0) is 18.4. The fourth-order valence-corrected chi connectivity index (χ4v) is 3.53. The van der Waals surface area contributed by atoms with Crippen molar-refractivity contribution >= 4 is 21.9 Å². The van der Waals surface area contributed by atoms with Crippen molar-refractivity contribution in [1.82, 2.24) is 19.1 Å². The molecule has 3 heterocycles. The first-order chi connectivity index (χ1) is 13.2. The molecule has 0 aliphatic carbocycles. The smallest absolute Gasteiger partial charge is 0.293 e. The van der Waals surface area contributed by atoms with E-state index < -0.39 is 0 Å². The number of aryl methyl sites for hydroxylation is 1. The third kappa shape index (κ3) is 2.36. The van der Waals surface area contributed by atoms with E-state index in [9.17, 15) is 4.79 Å². The van der Waals surface area contributed by atoms with Crippen LogP contribution in [0.2, 0.25) is 0 Å². The van der Waals surface area contributed by atoms with Gasteiger partial charge in [0.2, 0.25) is 0 Å². The number of para-hydroxylation sites is 1. The van der Waals surface area contributed by atoms with Gasteiger partial charge < -0.3 is 0 Å². The summed E-state index contributed by atoms with van der Waals surface area (Å²) in [5.41, 5.74) is 5.35. The fourth-order valence-electron chi connectivity index (χ4n) is 3.53. The predicted octanol–water partition coefficient (Wildman–Crippen LogP) is 3.94. The quantitative estimate of drug-likeness (QED) is 0.483. The number of imidazole rings is 1. The van der Waals surface area contributed by atoms with Gasteiger partial charge in [-0.25, -0.2) is 4.79 Å². The Morgan fingerprint density at radius 1 is 0.889 bits per heavy atom. The van der Waals surface area contributed by atoms with Crippen molar-refractivity contribution in [3.8, 4) is 16.8 Å². The molecular formula is C22H16N4O. The van der Waals surface area contributed by atoms with Gasteiger partial charge >= 0.3 is 5.69 Å². The van der Waals surface area contributed by atoms with Gasteiger partial charge in [0.25, 0.3) is 0 Å². The van der Waals surface area contributed by atoms with Crippen molar-refractivity contribution in [2.75, 3.05) is 0 Å².